The van der Waals surface area contributed by atoms with E-state index < -0.39 is 0 Å². The number of rotatable bonds is 2. The van der Waals surface area contributed by atoms with Crippen molar-refractivity contribution in [3.8, 4) is 0 Å². The van der Waals surface area contributed by atoms with E-state index in [0.717, 1.165) is 8.95 Å². The van der Waals surface area contributed by atoms with Crippen LogP contribution in [-0.2, 0) is 0 Å². The van der Waals surface area contributed by atoms with E-state index >= 15 is 0 Å². The molecule has 0 unspecified atom stereocenters. The van der Waals surface area contributed by atoms with Crippen LogP contribution in [0.2, 0.25) is 0 Å². The van der Waals surface area contributed by atoms with E-state index in [1.807, 2.05) is 6.07 Å². The summed E-state index contributed by atoms with van der Waals surface area (Å²) in [7, 11) is 0. The molecule has 1 aromatic carbocycles. The lowest BCUT2D eigenvalue weighted by Crippen LogP contribution is -2.23. The van der Waals surface area contributed by atoms with Crippen molar-refractivity contribution in [2.24, 2.45) is 11.7 Å². The highest BCUT2D eigenvalue weighted by atomic mass is 79.9. The second-order valence-corrected chi connectivity index (χ2v) is 6.36. The highest BCUT2D eigenvalue weighted by Crippen LogP contribution is 2.36. The molecular formula is C13H17Br2N. The van der Waals surface area contributed by atoms with Gasteiger partial charge in [0.05, 0.1) is 0 Å². The van der Waals surface area contributed by atoms with Gasteiger partial charge in [0.1, 0.15) is 0 Å². The van der Waals surface area contributed by atoms with Gasteiger partial charge in [0.15, 0.2) is 0 Å². The first-order valence-corrected chi connectivity index (χ1v) is 7.47. The maximum atomic E-state index is 6.39. The molecule has 0 amide bonds. The molecule has 0 heterocycles. The van der Waals surface area contributed by atoms with Crippen LogP contribution in [0.4, 0.5) is 0 Å². The molecule has 16 heavy (non-hydrogen) atoms. The maximum Gasteiger partial charge on any atom is 0.0335 e. The summed E-state index contributed by atoms with van der Waals surface area (Å²) in [5.74, 6) is 0.652. The standard InChI is InChI=1S/C13H17Br2N/c14-10-6-7-12(15)11(8-10)13(16)9-4-2-1-3-5-9/h6-9,13H,1-5,16H2/t13-/m0/s1. The number of halogens is 2. The summed E-state index contributed by atoms with van der Waals surface area (Å²) >= 11 is 7.11. The Morgan fingerprint density at radius 3 is 2.50 bits per heavy atom. The Labute approximate surface area is 114 Å². The maximum absolute atomic E-state index is 6.39. The van der Waals surface area contributed by atoms with Gasteiger partial charge in [-0.05, 0) is 42.5 Å². The summed E-state index contributed by atoms with van der Waals surface area (Å²) in [6, 6.07) is 6.43. The van der Waals surface area contributed by atoms with Gasteiger partial charge in [0.2, 0.25) is 0 Å². The molecule has 3 heteroatoms. The number of benzene rings is 1. The zero-order chi connectivity index (χ0) is 11.5. The monoisotopic (exact) mass is 345 g/mol. The van der Waals surface area contributed by atoms with Crippen molar-refractivity contribution in [2.75, 3.05) is 0 Å². The largest absolute Gasteiger partial charge is 0.324 e. The Kier molecular flexibility index (Phi) is 4.45. The van der Waals surface area contributed by atoms with Crippen molar-refractivity contribution < 1.29 is 0 Å². The topological polar surface area (TPSA) is 26.0 Å². The number of hydrogen-bond donors (Lipinski definition) is 1. The van der Waals surface area contributed by atoms with E-state index in [0.29, 0.717) is 5.92 Å². The third kappa shape index (κ3) is 2.88. The Bertz CT molecular complexity index is 359. The predicted molar refractivity (Wildman–Crippen MR) is 75.3 cm³/mol. The lowest BCUT2D eigenvalue weighted by atomic mass is 9.81. The Morgan fingerprint density at radius 1 is 1.12 bits per heavy atom. The summed E-state index contributed by atoms with van der Waals surface area (Å²) in [5, 5.41) is 0. The van der Waals surface area contributed by atoms with E-state index in [2.05, 4.69) is 44.0 Å². The van der Waals surface area contributed by atoms with Gasteiger partial charge in [0.25, 0.3) is 0 Å². The average molecular weight is 347 g/mol. The fourth-order valence-electron chi connectivity index (χ4n) is 2.52. The molecule has 2 rings (SSSR count). The van der Waals surface area contributed by atoms with Gasteiger partial charge >= 0.3 is 0 Å². The van der Waals surface area contributed by atoms with Crippen molar-refractivity contribution in [1.82, 2.24) is 0 Å². The molecule has 0 radical (unpaired) electrons. The van der Waals surface area contributed by atoms with Crippen molar-refractivity contribution in [1.29, 1.82) is 0 Å². The molecule has 0 saturated heterocycles. The molecule has 88 valence electrons. The van der Waals surface area contributed by atoms with Gasteiger partial charge in [-0.2, -0.15) is 0 Å². The Morgan fingerprint density at radius 2 is 1.81 bits per heavy atom. The fraction of sp³-hybridized carbons (Fsp3) is 0.538. The number of nitrogens with two attached hydrogens (primary N) is 1. The normalized spacial score (nSPS) is 19.7. The van der Waals surface area contributed by atoms with E-state index in [4.69, 9.17) is 5.73 Å². The molecule has 0 aromatic heterocycles. The molecule has 0 aliphatic heterocycles. The van der Waals surface area contributed by atoms with Crippen molar-refractivity contribution in [2.45, 2.75) is 38.1 Å². The van der Waals surface area contributed by atoms with Crippen LogP contribution in [-0.4, -0.2) is 0 Å². The van der Waals surface area contributed by atoms with Crippen LogP contribution in [0.15, 0.2) is 27.1 Å². The highest BCUT2D eigenvalue weighted by Gasteiger charge is 2.23. The molecule has 1 atom stereocenters. The van der Waals surface area contributed by atoms with Crippen LogP contribution in [0.3, 0.4) is 0 Å². The quantitative estimate of drug-likeness (QED) is 0.818. The smallest absolute Gasteiger partial charge is 0.0335 e. The molecule has 1 aliphatic rings. The average Bonchev–Trinajstić information content (AvgIpc) is 2.32. The van der Waals surface area contributed by atoms with Crippen LogP contribution >= 0.6 is 31.9 Å². The Hall–Kier alpha value is 0.140. The van der Waals surface area contributed by atoms with Crippen LogP contribution < -0.4 is 5.73 Å². The van der Waals surface area contributed by atoms with E-state index in [1.165, 1.54) is 37.7 Å². The SMILES string of the molecule is N[C@H](c1cc(Br)ccc1Br)C1CCCCC1. The second kappa shape index (κ2) is 5.65. The lowest BCUT2D eigenvalue weighted by molar-refractivity contribution is 0.307. The van der Waals surface area contributed by atoms with Crippen LogP contribution in [0, 0.1) is 5.92 Å². The van der Waals surface area contributed by atoms with Gasteiger partial charge in [-0.3, -0.25) is 0 Å². The van der Waals surface area contributed by atoms with Gasteiger partial charge in [-0.25, -0.2) is 0 Å². The minimum absolute atomic E-state index is 0.173. The first kappa shape index (κ1) is 12.6. The molecular weight excluding hydrogens is 330 g/mol. The molecule has 1 saturated carbocycles. The van der Waals surface area contributed by atoms with Crippen LogP contribution in [0.25, 0.3) is 0 Å². The molecule has 1 aromatic rings. The number of hydrogen-bond acceptors (Lipinski definition) is 1. The minimum atomic E-state index is 0.173. The van der Waals surface area contributed by atoms with E-state index in [1.54, 1.807) is 0 Å². The highest BCUT2D eigenvalue weighted by molar-refractivity contribution is 9.11. The minimum Gasteiger partial charge on any atom is -0.324 e. The zero-order valence-corrected chi connectivity index (χ0v) is 12.4. The molecule has 1 nitrogen and oxygen atoms in total. The lowest BCUT2D eigenvalue weighted by Gasteiger charge is -2.28. The molecule has 0 bridgehead atoms. The summed E-state index contributed by atoms with van der Waals surface area (Å²) in [6.07, 6.45) is 6.61. The van der Waals surface area contributed by atoms with Gasteiger partial charge in [0, 0.05) is 15.0 Å². The fourth-order valence-corrected chi connectivity index (χ4v) is 3.41. The van der Waals surface area contributed by atoms with E-state index in [-0.39, 0.29) is 6.04 Å². The second-order valence-electron chi connectivity index (χ2n) is 4.59. The summed E-state index contributed by atoms with van der Waals surface area (Å²) < 4.78 is 2.24. The third-order valence-corrected chi connectivity index (χ3v) is 4.69. The molecule has 1 fully saturated rings. The summed E-state index contributed by atoms with van der Waals surface area (Å²) in [5.41, 5.74) is 7.63. The van der Waals surface area contributed by atoms with Crippen LogP contribution in [0.1, 0.15) is 43.7 Å². The van der Waals surface area contributed by atoms with Crippen molar-refractivity contribution in [3.05, 3.63) is 32.7 Å². The summed E-state index contributed by atoms with van der Waals surface area (Å²) in [6.45, 7) is 0. The van der Waals surface area contributed by atoms with E-state index in [9.17, 15) is 0 Å². The van der Waals surface area contributed by atoms with Crippen LogP contribution in [0.5, 0.6) is 0 Å². The Balaban J connectivity index is 2.18. The summed E-state index contributed by atoms with van der Waals surface area (Å²) in [4.78, 5) is 0. The predicted octanol–water partition coefficient (Wildman–Crippen LogP) is 4.79. The van der Waals surface area contributed by atoms with Gasteiger partial charge in [-0.15, -0.1) is 0 Å². The third-order valence-electron chi connectivity index (χ3n) is 3.47. The van der Waals surface area contributed by atoms with Gasteiger partial charge < -0.3 is 5.73 Å². The molecule has 0 spiro atoms. The van der Waals surface area contributed by atoms with Gasteiger partial charge in [-0.1, -0.05) is 51.1 Å². The zero-order valence-electron chi connectivity index (χ0n) is 9.26. The van der Waals surface area contributed by atoms with Crippen molar-refractivity contribution >= 4 is 31.9 Å². The van der Waals surface area contributed by atoms with Crippen molar-refractivity contribution in [3.63, 3.8) is 0 Å². The molecule has 1 aliphatic carbocycles. The molecule has 2 N–H and O–H groups in total. The first-order chi connectivity index (χ1) is 7.68. The first-order valence-electron chi connectivity index (χ1n) is 5.89.